The van der Waals surface area contributed by atoms with Crippen LogP contribution in [0, 0.1) is 0 Å². The van der Waals surface area contributed by atoms with Gasteiger partial charge in [0.2, 0.25) is 0 Å². The van der Waals surface area contributed by atoms with Gasteiger partial charge in [0, 0.05) is 13.8 Å². The first-order valence-electron chi connectivity index (χ1n) is 8.31. The number of hydrogen-bond acceptors (Lipinski definition) is 11. The van der Waals surface area contributed by atoms with E-state index in [2.05, 4.69) is 30.4 Å². The van der Waals surface area contributed by atoms with E-state index in [1.807, 2.05) is 0 Å². The number of rotatable bonds is 12. The molecule has 0 saturated carbocycles. The van der Waals surface area contributed by atoms with Crippen LogP contribution in [0.5, 0.6) is 0 Å². The second kappa shape index (κ2) is 12.1. The average molecular weight is 448 g/mol. The molecule has 2 rings (SSSR count). The summed E-state index contributed by atoms with van der Waals surface area (Å²) in [5, 5.41) is 12.4. The molecule has 0 radical (unpaired) electrons. The summed E-state index contributed by atoms with van der Waals surface area (Å²) in [6.45, 7) is 3.18. The molecule has 0 aliphatic heterocycles. The molecule has 0 saturated heterocycles. The van der Waals surface area contributed by atoms with Crippen LogP contribution in [0.3, 0.4) is 0 Å². The summed E-state index contributed by atoms with van der Waals surface area (Å²) in [6.07, 6.45) is 3.67. The molecule has 0 spiro atoms. The molecule has 2 N–H and O–H groups in total. The van der Waals surface area contributed by atoms with E-state index < -0.39 is 8.25 Å². The molecule has 154 valence electrons. The van der Waals surface area contributed by atoms with E-state index in [4.69, 9.17) is 9.05 Å². The zero-order valence-corrected chi connectivity index (χ0v) is 17.9. The van der Waals surface area contributed by atoms with Crippen LogP contribution in [0.25, 0.3) is 0 Å². The molecule has 2 heterocycles. The van der Waals surface area contributed by atoms with Crippen molar-refractivity contribution in [3.8, 4) is 0 Å². The Morgan fingerprint density at radius 3 is 1.71 bits per heavy atom. The Morgan fingerprint density at radius 1 is 0.964 bits per heavy atom. The average Bonchev–Trinajstić information content (AvgIpc) is 3.33. The number of nitrogens with one attached hydrogen (secondary N) is 2. The molecule has 0 bridgehead atoms. The lowest BCUT2D eigenvalue weighted by atomic mass is 10.3. The summed E-state index contributed by atoms with van der Waals surface area (Å²) < 4.78 is 22.4. The van der Waals surface area contributed by atoms with Crippen LogP contribution in [0.2, 0.25) is 0 Å². The van der Waals surface area contributed by atoms with Gasteiger partial charge in [-0.1, -0.05) is 23.5 Å². The van der Waals surface area contributed by atoms with Gasteiger partial charge in [0.25, 0.3) is 0 Å². The second-order valence-electron chi connectivity index (χ2n) is 5.44. The van der Waals surface area contributed by atoms with E-state index in [9.17, 15) is 14.2 Å². The maximum absolute atomic E-state index is 11.9. The van der Waals surface area contributed by atoms with Crippen molar-refractivity contribution < 1.29 is 23.2 Å². The molecule has 2 atom stereocenters. The number of hydrogen-bond donors (Lipinski definition) is 2. The lowest BCUT2D eigenvalue weighted by Gasteiger charge is -2.13. The summed E-state index contributed by atoms with van der Waals surface area (Å²) in [5.74, 6) is 0.972. The maximum Gasteiger partial charge on any atom is 0.319 e. The summed E-state index contributed by atoms with van der Waals surface area (Å²) in [7, 11) is -2.71. The number of thioether (sulfide) groups is 2. The number of nitrogens with zero attached hydrogens (tertiary/aromatic N) is 4. The Labute approximate surface area is 170 Å². The largest absolute Gasteiger partial charge is 0.319 e. The molecular formula is C14H21N6O5PS2. The van der Waals surface area contributed by atoms with Crippen molar-refractivity contribution in [2.24, 2.45) is 0 Å². The highest BCUT2D eigenvalue weighted by molar-refractivity contribution is 8.14. The predicted octanol–water partition coefficient (Wildman–Crippen LogP) is 2.47. The molecule has 0 aliphatic carbocycles. The minimum absolute atomic E-state index is 0.0697. The van der Waals surface area contributed by atoms with Crippen molar-refractivity contribution in [3.63, 3.8) is 0 Å². The fourth-order valence-electron chi connectivity index (χ4n) is 2.17. The molecule has 2 aromatic heterocycles. The van der Waals surface area contributed by atoms with E-state index in [0.29, 0.717) is 24.5 Å². The van der Waals surface area contributed by atoms with Crippen LogP contribution >= 0.6 is 31.8 Å². The standard InChI is InChI=1S/C14H21N6O5PS2/c1-9(21)27-11(13-15-7-17-19-13)3-5-24-26(23)25-6-4-12(28-10(2)22)14-16-8-18-20-14/h7-8,11-12,26H,3-6H2,1-2H3,(H,15,17,19)(H,16,18,20). The fourth-order valence-corrected chi connectivity index (χ4v) is 4.49. The monoisotopic (exact) mass is 448 g/mol. The van der Waals surface area contributed by atoms with Gasteiger partial charge in [0.1, 0.15) is 12.7 Å². The number of aromatic nitrogens is 6. The van der Waals surface area contributed by atoms with E-state index in [1.54, 1.807) is 0 Å². The number of H-pyrrole nitrogens is 2. The molecule has 2 aromatic rings. The summed E-state index contributed by atoms with van der Waals surface area (Å²) in [6, 6.07) is 0. The van der Waals surface area contributed by atoms with Crippen LogP contribution in [0.1, 0.15) is 48.8 Å². The van der Waals surface area contributed by atoms with Crippen molar-refractivity contribution in [1.82, 2.24) is 30.4 Å². The minimum atomic E-state index is -2.71. The van der Waals surface area contributed by atoms with Gasteiger partial charge in [-0.3, -0.25) is 24.4 Å². The van der Waals surface area contributed by atoms with Crippen LogP contribution in [-0.2, 0) is 23.2 Å². The van der Waals surface area contributed by atoms with Crippen molar-refractivity contribution in [2.45, 2.75) is 37.2 Å². The van der Waals surface area contributed by atoms with Gasteiger partial charge in [-0.2, -0.15) is 10.2 Å². The quantitative estimate of drug-likeness (QED) is 0.460. The molecular weight excluding hydrogens is 427 g/mol. The maximum atomic E-state index is 11.9. The zero-order valence-electron chi connectivity index (χ0n) is 15.3. The molecule has 14 heteroatoms. The van der Waals surface area contributed by atoms with Gasteiger partial charge in [0.15, 0.2) is 21.9 Å². The SMILES string of the molecule is CC(=O)SC(CCO[PH](=O)OCCC(SC(C)=O)c1nc[nH]n1)c1nc[nH]n1. The van der Waals surface area contributed by atoms with E-state index in [1.165, 1.54) is 26.5 Å². The van der Waals surface area contributed by atoms with Crippen molar-refractivity contribution in [3.05, 3.63) is 24.3 Å². The lowest BCUT2D eigenvalue weighted by Crippen LogP contribution is -2.05. The van der Waals surface area contributed by atoms with Gasteiger partial charge < -0.3 is 9.05 Å². The molecule has 0 aliphatic rings. The highest BCUT2D eigenvalue weighted by Gasteiger charge is 2.20. The third kappa shape index (κ3) is 8.23. The van der Waals surface area contributed by atoms with E-state index >= 15 is 0 Å². The number of carbonyl (C=O) groups excluding carboxylic acids is 2. The Morgan fingerprint density at radius 2 is 1.39 bits per heavy atom. The van der Waals surface area contributed by atoms with Gasteiger partial charge >= 0.3 is 8.25 Å². The van der Waals surface area contributed by atoms with Gasteiger partial charge in [-0.25, -0.2) is 9.97 Å². The molecule has 11 nitrogen and oxygen atoms in total. The van der Waals surface area contributed by atoms with E-state index in [-0.39, 0.29) is 33.9 Å². The van der Waals surface area contributed by atoms with Crippen molar-refractivity contribution in [1.29, 1.82) is 0 Å². The lowest BCUT2D eigenvalue weighted by molar-refractivity contribution is -0.110. The minimum Gasteiger partial charge on any atom is -0.311 e. The smallest absolute Gasteiger partial charge is 0.311 e. The third-order valence-corrected chi connectivity index (χ3v) is 6.27. The highest BCUT2D eigenvalue weighted by Crippen LogP contribution is 2.34. The molecule has 0 amide bonds. The van der Waals surface area contributed by atoms with Crippen LogP contribution in [-0.4, -0.2) is 53.8 Å². The van der Waals surface area contributed by atoms with Gasteiger partial charge in [-0.15, -0.1) is 0 Å². The topological polar surface area (TPSA) is 153 Å². The summed E-state index contributed by atoms with van der Waals surface area (Å²) in [5.41, 5.74) is 0. The zero-order chi connectivity index (χ0) is 20.4. The Balaban J connectivity index is 1.72. The Hall–Kier alpha value is -1.53. The van der Waals surface area contributed by atoms with Crippen LogP contribution in [0.15, 0.2) is 12.7 Å². The summed E-state index contributed by atoms with van der Waals surface area (Å²) in [4.78, 5) is 30.8. The van der Waals surface area contributed by atoms with Gasteiger partial charge in [0.05, 0.1) is 23.7 Å². The summed E-state index contributed by atoms with van der Waals surface area (Å²) >= 11 is 2.18. The Kier molecular flexibility index (Phi) is 9.85. The fraction of sp³-hybridized carbons (Fsp3) is 0.571. The van der Waals surface area contributed by atoms with Crippen molar-refractivity contribution in [2.75, 3.05) is 13.2 Å². The Bertz CT molecular complexity index is 698. The van der Waals surface area contributed by atoms with Crippen LogP contribution < -0.4 is 0 Å². The molecule has 2 unspecified atom stereocenters. The second-order valence-corrected chi connectivity index (χ2v) is 9.27. The first-order chi connectivity index (χ1) is 13.5. The third-order valence-electron chi connectivity index (χ3n) is 3.26. The van der Waals surface area contributed by atoms with E-state index in [0.717, 1.165) is 23.5 Å². The highest BCUT2D eigenvalue weighted by atomic mass is 32.2. The number of carbonyl (C=O) groups is 2. The van der Waals surface area contributed by atoms with Crippen LogP contribution in [0.4, 0.5) is 0 Å². The predicted molar refractivity (Wildman–Crippen MR) is 105 cm³/mol. The normalized spacial score (nSPS) is 14.5. The first-order valence-corrected chi connectivity index (χ1v) is 11.3. The number of aromatic amines is 2. The van der Waals surface area contributed by atoms with Gasteiger partial charge in [-0.05, 0) is 12.8 Å². The van der Waals surface area contributed by atoms with Crippen molar-refractivity contribution >= 4 is 42.0 Å². The molecule has 0 fully saturated rings. The molecule has 0 aromatic carbocycles. The first kappa shape index (κ1) is 22.8. The molecule has 28 heavy (non-hydrogen) atoms.